The van der Waals surface area contributed by atoms with E-state index in [1.807, 2.05) is 0 Å². The highest BCUT2D eigenvalue weighted by Crippen LogP contribution is 2.29. The lowest BCUT2D eigenvalue weighted by Crippen LogP contribution is -2.52. The smallest absolute Gasteiger partial charge is 0.257 e. The molecule has 21 heavy (non-hydrogen) atoms. The molecule has 1 saturated heterocycles. The summed E-state index contributed by atoms with van der Waals surface area (Å²) in [7, 11) is 0. The second-order valence-electron chi connectivity index (χ2n) is 5.91. The highest BCUT2D eigenvalue weighted by atomic mass is 35.5. The zero-order chi connectivity index (χ0) is 14.8. The Kier molecular flexibility index (Phi) is 6.10. The molecular formula is C15H21ClF2N2O. The van der Waals surface area contributed by atoms with E-state index < -0.39 is 23.1 Å². The van der Waals surface area contributed by atoms with Crippen molar-refractivity contribution in [1.82, 2.24) is 10.6 Å². The van der Waals surface area contributed by atoms with Gasteiger partial charge in [-0.2, -0.15) is 0 Å². The summed E-state index contributed by atoms with van der Waals surface area (Å²) in [5.74, 6) is -2.37. The fraction of sp³-hybridized carbons (Fsp3) is 0.533. The Labute approximate surface area is 129 Å². The normalized spacial score (nSPS) is 20.5. The van der Waals surface area contributed by atoms with Crippen molar-refractivity contribution in [2.75, 3.05) is 13.1 Å². The van der Waals surface area contributed by atoms with Crippen LogP contribution in [-0.2, 0) is 0 Å². The van der Waals surface area contributed by atoms with Crippen LogP contribution in [-0.4, -0.2) is 25.0 Å². The quantitative estimate of drug-likeness (QED) is 0.899. The number of piperidine rings is 1. The summed E-state index contributed by atoms with van der Waals surface area (Å²) in [5.41, 5.74) is -0.458. The first kappa shape index (κ1) is 17.9. The number of carbonyl (C=O) groups excluding carboxylic acids is 1. The van der Waals surface area contributed by atoms with Gasteiger partial charge in [0.25, 0.3) is 5.91 Å². The van der Waals surface area contributed by atoms with Crippen molar-refractivity contribution >= 4 is 18.3 Å². The van der Waals surface area contributed by atoms with Crippen LogP contribution < -0.4 is 10.6 Å². The number of hydrogen-bond acceptors (Lipinski definition) is 2. The number of amides is 1. The second-order valence-corrected chi connectivity index (χ2v) is 5.91. The highest BCUT2D eigenvalue weighted by molar-refractivity contribution is 5.94. The summed E-state index contributed by atoms with van der Waals surface area (Å²) in [6.45, 7) is 5.51. The first-order valence-corrected chi connectivity index (χ1v) is 6.87. The lowest BCUT2D eigenvalue weighted by Gasteiger charge is -2.39. The monoisotopic (exact) mass is 318 g/mol. The molecule has 0 spiro atoms. The van der Waals surface area contributed by atoms with Crippen molar-refractivity contribution in [2.24, 2.45) is 5.41 Å². The van der Waals surface area contributed by atoms with Gasteiger partial charge in [0.1, 0.15) is 17.2 Å². The molecule has 1 aromatic carbocycles. The van der Waals surface area contributed by atoms with Gasteiger partial charge in [-0.15, -0.1) is 12.4 Å². The maximum atomic E-state index is 13.5. The van der Waals surface area contributed by atoms with Crippen molar-refractivity contribution in [3.8, 4) is 0 Å². The summed E-state index contributed by atoms with van der Waals surface area (Å²) in [6.07, 6.45) is 2.16. The fourth-order valence-corrected chi connectivity index (χ4v) is 2.62. The molecule has 118 valence electrons. The lowest BCUT2D eigenvalue weighted by molar-refractivity contribution is 0.0920. The van der Waals surface area contributed by atoms with Crippen LogP contribution in [0, 0.1) is 17.0 Å². The van der Waals surface area contributed by atoms with E-state index in [-0.39, 0.29) is 23.9 Å². The Morgan fingerprint density at radius 2 is 2.00 bits per heavy atom. The number of hydrogen-bond donors (Lipinski definition) is 2. The van der Waals surface area contributed by atoms with Crippen LogP contribution in [0.5, 0.6) is 0 Å². The van der Waals surface area contributed by atoms with E-state index in [1.165, 1.54) is 6.07 Å². The van der Waals surface area contributed by atoms with Crippen LogP contribution in [0.15, 0.2) is 18.2 Å². The SMILES string of the molecule is CC1(C)CCCNC1CNC(=O)c1c(F)cccc1F.Cl. The molecule has 1 aliphatic rings. The third-order valence-corrected chi connectivity index (χ3v) is 3.99. The van der Waals surface area contributed by atoms with E-state index in [2.05, 4.69) is 24.5 Å². The van der Waals surface area contributed by atoms with Gasteiger partial charge in [0.05, 0.1) is 0 Å². The van der Waals surface area contributed by atoms with Crippen LogP contribution in [0.4, 0.5) is 8.78 Å². The Hall–Kier alpha value is -1.20. The molecule has 0 saturated carbocycles. The highest BCUT2D eigenvalue weighted by Gasteiger charge is 2.32. The Morgan fingerprint density at radius 1 is 1.38 bits per heavy atom. The van der Waals surface area contributed by atoms with E-state index in [0.29, 0.717) is 6.54 Å². The molecule has 1 heterocycles. The van der Waals surface area contributed by atoms with Crippen LogP contribution in [0.2, 0.25) is 0 Å². The van der Waals surface area contributed by atoms with Gasteiger partial charge in [-0.3, -0.25) is 4.79 Å². The molecule has 1 atom stereocenters. The molecule has 1 unspecified atom stereocenters. The topological polar surface area (TPSA) is 41.1 Å². The summed E-state index contributed by atoms with van der Waals surface area (Å²) in [6, 6.07) is 3.52. The molecule has 3 nitrogen and oxygen atoms in total. The second kappa shape index (κ2) is 7.18. The minimum absolute atomic E-state index is 0. The summed E-state index contributed by atoms with van der Waals surface area (Å²) in [5, 5.41) is 5.97. The molecule has 1 amide bonds. The van der Waals surface area contributed by atoms with Gasteiger partial charge >= 0.3 is 0 Å². The summed E-state index contributed by atoms with van der Waals surface area (Å²) >= 11 is 0. The zero-order valence-electron chi connectivity index (χ0n) is 12.2. The third-order valence-electron chi connectivity index (χ3n) is 3.99. The van der Waals surface area contributed by atoms with Crippen LogP contribution in [0.1, 0.15) is 37.0 Å². The van der Waals surface area contributed by atoms with Crippen molar-refractivity contribution in [3.63, 3.8) is 0 Å². The van der Waals surface area contributed by atoms with Gasteiger partial charge in [-0.1, -0.05) is 19.9 Å². The molecule has 1 fully saturated rings. The van der Waals surface area contributed by atoms with Crippen molar-refractivity contribution in [2.45, 2.75) is 32.7 Å². The predicted molar refractivity (Wildman–Crippen MR) is 80.7 cm³/mol. The molecule has 0 radical (unpaired) electrons. The zero-order valence-corrected chi connectivity index (χ0v) is 13.0. The van der Waals surface area contributed by atoms with Gasteiger partial charge in [0, 0.05) is 12.6 Å². The van der Waals surface area contributed by atoms with E-state index >= 15 is 0 Å². The fourth-order valence-electron chi connectivity index (χ4n) is 2.62. The third kappa shape index (κ3) is 4.14. The predicted octanol–water partition coefficient (Wildman–Crippen LogP) is 2.89. The summed E-state index contributed by atoms with van der Waals surface area (Å²) < 4.78 is 27.0. The van der Waals surface area contributed by atoms with Crippen molar-refractivity contribution in [3.05, 3.63) is 35.4 Å². The molecule has 1 aromatic rings. The molecule has 2 rings (SSSR count). The van der Waals surface area contributed by atoms with Gasteiger partial charge in [-0.05, 0) is 36.9 Å². The minimum Gasteiger partial charge on any atom is -0.350 e. The van der Waals surface area contributed by atoms with Crippen molar-refractivity contribution in [1.29, 1.82) is 0 Å². The molecule has 6 heteroatoms. The molecule has 0 bridgehead atoms. The Morgan fingerprint density at radius 3 is 2.57 bits per heavy atom. The molecule has 0 aromatic heterocycles. The largest absolute Gasteiger partial charge is 0.350 e. The maximum Gasteiger partial charge on any atom is 0.257 e. The maximum absolute atomic E-state index is 13.5. The standard InChI is InChI=1S/C15H20F2N2O.ClH/c1-15(2)7-4-8-18-12(15)9-19-14(20)13-10(16)5-3-6-11(13)17;/h3,5-6,12,18H,4,7-9H2,1-2H3,(H,19,20);1H. The average molecular weight is 319 g/mol. The Bertz CT molecular complexity index is 488. The summed E-state index contributed by atoms with van der Waals surface area (Å²) in [4.78, 5) is 11.9. The first-order chi connectivity index (χ1) is 9.42. The van der Waals surface area contributed by atoms with Crippen LogP contribution >= 0.6 is 12.4 Å². The van der Waals surface area contributed by atoms with Crippen LogP contribution in [0.3, 0.4) is 0 Å². The number of halogens is 3. The number of nitrogens with one attached hydrogen (secondary N) is 2. The van der Waals surface area contributed by atoms with Gasteiger partial charge in [0.15, 0.2) is 0 Å². The number of rotatable bonds is 3. The van der Waals surface area contributed by atoms with E-state index in [9.17, 15) is 13.6 Å². The van der Waals surface area contributed by atoms with Crippen molar-refractivity contribution < 1.29 is 13.6 Å². The van der Waals surface area contributed by atoms with Gasteiger partial charge < -0.3 is 10.6 Å². The molecular weight excluding hydrogens is 298 g/mol. The molecule has 2 N–H and O–H groups in total. The van der Waals surface area contributed by atoms with E-state index in [4.69, 9.17) is 0 Å². The number of benzene rings is 1. The minimum atomic E-state index is -0.835. The molecule has 0 aliphatic carbocycles. The van der Waals surface area contributed by atoms with E-state index in [0.717, 1.165) is 31.5 Å². The average Bonchev–Trinajstić information content (AvgIpc) is 2.36. The van der Waals surface area contributed by atoms with E-state index in [1.54, 1.807) is 0 Å². The number of carbonyl (C=O) groups is 1. The van der Waals surface area contributed by atoms with Crippen LogP contribution in [0.25, 0.3) is 0 Å². The molecule has 1 aliphatic heterocycles. The lowest BCUT2D eigenvalue weighted by atomic mass is 9.77. The van der Waals surface area contributed by atoms with Gasteiger partial charge in [0.2, 0.25) is 0 Å². The first-order valence-electron chi connectivity index (χ1n) is 6.87. The Balaban J connectivity index is 0.00000220. The van der Waals surface area contributed by atoms with Gasteiger partial charge in [-0.25, -0.2) is 8.78 Å².